The van der Waals surface area contributed by atoms with Gasteiger partial charge >= 0.3 is 0 Å². The summed E-state index contributed by atoms with van der Waals surface area (Å²) in [5, 5.41) is 10.9. The molecule has 0 saturated heterocycles. The molecule has 2 atom stereocenters. The van der Waals surface area contributed by atoms with Crippen LogP contribution in [0.5, 0.6) is 5.75 Å². The Hall–Kier alpha value is -1.06. The zero-order valence-electron chi connectivity index (χ0n) is 29.4. The summed E-state index contributed by atoms with van der Waals surface area (Å²) in [4.78, 5) is 0. The minimum Gasteiger partial charge on any atom is -0.508 e. The van der Waals surface area contributed by atoms with Crippen molar-refractivity contribution in [3.63, 3.8) is 0 Å². The minimum atomic E-state index is 0.102. The predicted molar refractivity (Wildman–Crippen MR) is 184 cm³/mol. The largest absolute Gasteiger partial charge is 0.508 e. The van der Waals surface area contributed by atoms with Crippen molar-refractivity contribution in [2.75, 3.05) is 0 Å². The molecule has 2 fully saturated rings. The smallest absolute Gasteiger partial charge is 0.119 e. The third-order valence-corrected chi connectivity index (χ3v) is 11.3. The monoisotopic (exact) mass is 599 g/mol. The van der Waals surface area contributed by atoms with Gasteiger partial charge in [0.2, 0.25) is 0 Å². The molecule has 3 nitrogen and oxygen atoms in total. The number of benzene rings is 1. The first kappa shape index (κ1) is 36.4. The van der Waals surface area contributed by atoms with E-state index in [0.717, 1.165) is 18.4 Å². The highest BCUT2D eigenvalue weighted by atomic mass is 16.5. The van der Waals surface area contributed by atoms with Crippen molar-refractivity contribution in [3.05, 3.63) is 29.3 Å². The molecule has 3 heteroatoms. The second-order valence-corrected chi connectivity index (χ2v) is 15.0. The van der Waals surface area contributed by atoms with Gasteiger partial charge in [-0.2, -0.15) is 0 Å². The second kappa shape index (κ2) is 18.8. The SMILES string of the molecule is CCCCC1(CCCC)CCC(OC(C)Cc2cccc(O)c2CC(C)OC2CCC(CCCC)(CCCC)CC2)CC1. The highest BCUT2D eigenvalue weighted by Gasteiger charge is 2.36. The van der Waals surface area contributed by atoms with Crippen LogP contribution in [-0.4, -0.2) is 29.5 Å². The van der Waals surface area contributed by atoms with E-state index in [0.29, 0.717) is 28.8 Å². The van der Waals surface area contributed by atoms with E-state index in [1.807, 2.05) is 12.1 Å². The number of hydrogen-bond donors (Lipinski definition) is 1. The van der Waals surface area contributed by atoms with Crippen LogP contribution in [0.15, 0.2) is 18.2 Å². The van der Waals surface area contributed by atoms with Crippen LogP contribution in [0.3, 0.4) is 0 Å². The molecular formula is C40H70O3. The van der Waals surface area contributed by atoms with E-state index in [4.69, 9.17) is 9.47 Å². The van der Waals surface area contributed by atoms with Crippen molar-refractivity contribution in [1.29, 1.82) is 0 Å². The van der Waals surface area contributed by atoms with Crippen molar-refractivity contribution in [1.82, 2.24) is 0 Å². The molecule has 3 rings (SSSR count). The lowest BCUT2D eigenvalue weighted by atomic mass is 9.67. The average molecular weight is 599 g/mol. The van der Waals surface area contributed by atoms with Gasteiger partial charge in [0.25, 0.3) is 0 Å². The predicted octanol–water partition coefficient (Wildman–Crippen LogP) is 11.9. The Balaban J connectivity index is 1.51. The van der Waals surface area contributed by atoms with Crippen molar-refractivity contribution in [2.24, 2.45) is 10.8 Å². The molecule has 0 aromatic heterocycles. The molecule has 2 aliphatic carbocycles. The quantitative estimate of drug-likeness (QED) is 0.162. The van der Waals surface area contributed by atoms with E-state index >= 15 is 0 Å². The van der Waals surface area contributed by atoms with E-state index in [1.165, 1.54) is 134 Å². The van der Waals surface area contributed by atoms with Gasteiger partial charge < -0.3 is 14.6 Å². The highest BCUT2D eigenvalue weighted by Crippen LogP contribution is 2.47. The number of hydrogen-bond acceptors (Lipinski definition) is 3. The third kappa shape index (κ3) is 11.7. The first-order valence-electron chi connectivity index (χ1n) is 18.9. The Morgan fingerprint density at radius 3 is 1.44 bits per heavy atom. The number of ether oxygens (including phenoxy) is 2. The van der Waals surface area contributed by atoms with E-state index in [2.05, 4.69) is 47.6 Å². The van der Waals surface area contributed by atoms with Gasteiger partial charge in [0, 0.05) is 6.42 Å². The Labute approximate surface area is 267 Å². The van der Waals surface area contributed by atoms with Crippen LogP contribution in [0.4, 0.5) is 0 Å². The Kier molecular flexibility index (Phi) is 15.9. The van der Waals surface area contributed by atoms with Crippen LogP contribution in [-0.2, 0) is 22.3 Å². The first-order chi connectivity index (χ1) is 20.8. The van der Waals surface area contributed by atoms with E-state index in [9.17, 15) is 5.11 Å². The maximum Gasteiger partial charge on any atom is 0.119 e. The minimum absolute atomic E-state index is 0.102. The second-order valence-electron chi connectivity index (χ2n) is 15.0. The molecule has 0 aliphatic heterocycles. The fourth-order valence-electron chi connectivity index (χ4n) is 8.54. The summed E-state index contributed by atoms with van der Waals surface area (Å²) in [6.07, 6.45) is 29.0. The molecule has 0 radical (unpaired) electrons. The maximum absolute atomic E-state index is 10.9. The molecule has 0 heterocycles. The Morgan fingerprint density at radius 2 is 1.05 bits per heavy atom. The Morgan fingerprint density at radius 1 is 0.651 bits per heavy atom. The van der Waals surface area contributed by atoms with Gasteiger partial charge in [-0.15, -0.1) is 0 Å². The van der Waals surface area contributed by atoms with Crippen LogP contribution in [0.1, 0.15) is 181 Å². The summed E-state index contributed by atoms with van der Waals surface area (Å²) in [5.41, 5.74) is 3.40. The molecule has 1 aromatic rings. The Bertz CT molecular complexity index is 858. The maximum atomic E-state index is 10.9. The summed E-state index contributed by atoms with van der Waals surface area (Å²) in [5.74, 6) is 0.413. The fourth-order valence-corrected chi connectivity index (χ4v) is 8.54. The molecule has 0 amide bonds. The number of unbranched alkanes of at least 4 members (excludes halogenated alkanes) is 4. The van der Waals surface area contributed by atoms with E-state index in [1.54, 1.807) is 0 Å². The number of phenols is 1. The normalized spacial score (nSPS) is 20.7. The van der Waals surface area contributed by atoms with Crippen LogP contribution >= 0.6 is 0 Å². The summed E-state index contributed by atoms with van der Waals surface area (Å²) in [6.45, 7) is 13.7. The average Bonchev–Trinajstić information content (AvgIpc) is 3.01. The van der Waals surface area contributed by atoms with Crippen molar-refractivity contribution in [2.45, 2.75) is 207 Å². The molecule has 2 saturated carbocycles. The molecule has 248 valence electrons. The highest BCUT2D eigenvalue weighted by molar-refractivity contribution is 5.40. The van der Waals surface area contributed by atoms with Crippen LogP contribution in [0, 0.1) is 10.8 Å². The molecular weight excluding hydrogens is 528 g/mol. The lowest BCUT2D eigenvalue weighted by molar-refractivity contribution is -0.0478. The standard InChI is InChI=1S/C40H70O3/c1-7-11-22-39(23-12-8-2)26-18-35(19-27-39)42-32(5)30-34-16-15-17-38(41)37(34)31-33(6)43-36-20-28-40(29-21-36,24-13-9-3)25-14-10-4/h15-17,32-33,35-36,41H,7-14,18-31H2,1-6H3. The summed E-state index contributed by atoms with van der Waals surface area (Å²) < 4.78 is 13.3. The lowest BCUT2D eigenvalue weighted by Gasteiger charge is -2.41. The van der Waals surface area contributed by atoms with Gasteiger partial charge in [-0.05, 0) is 125 Å². The fraction of sp³-hybridized carbons (Fsp3) is 0.850. The molecule has 0 bridgehead atoms. The van der Waals surface area contributed by atoms with E-state index in [-0.39, 0.29) is 12.2 Å². The number of aromatic hydroxyl groups is 1. The van der Waals surface area contributed by atoms with Crippen molar-refractivity contribution >= 4 is 0 Å². The van der Waals surface area contributed by atoms with Crippen molar-refractivity contribution < 1.29 is 14.6 Å². The zero-order chi connectivity index (χ0) is 31.1. The molecule has 2 aliphatic rings. The van der Waals surface area contributed by atoms with Crippen LogP contribution < -0.4 is 0 Å². The topological polar surface area (TPSA) is 38.7 Å². The molecule has 2 unspecified atom stereocenters. The van der Waals surface area contributed by atoms with Gasteiger partial charge in [-0.1, -0.05) is 91.2 Å². The molecule has 43 heavy (non-hydrogen) atoms. The van der Waals surface area contributed by atoms with Gasteiger partial charge in [0.15, 0.2) is 0 Å². The summed E-state index contributed by atoms with van der Waals surface area (Å²) in [6, 6.07) is 6.04. The van der Waals surface area contributed by atoms with Gasteiger partial charge in [-0.3, -0.25) is 0 Å². The van der Waals surface area contributed by atoms with Gasteiger partial charge in [0.1, 0.15) is 5.75 Å². The van der Waals surface area contributed by atoms with E-state index < -0.39 is 0 Å². The van der Waals surface area contributed by atoms with Gasteiger partial charge in [0.05, 0.1) is 24.4 Å². The molecule has 1 N–H and O–H groups in total. The van der Waals surface area contributed by atoms with Gasteiger partial charge in [-0.25, -0.2) is 0 Å². The molecule has 1 aromatic carbocycles. The zero-order valence-corrected chi connectivity index (χ0v) is 29.4. The van der Waals surface area contributed by atoms with Crippen LogP contribution in [0.25, 0.3) is 0 Å². The summed E-state index contributed by atoms with van der Waals surface area (Å²) >= 11 is 0. The summed E-state index contributed by atoms with van der Waals surface area (Å²) in [7, 11) is 0. The number of phenolic OH excluding ortho intramolecular Hbond substituents is 1. The molecule has 0 spiro atoms. The van der Waals surface area contributed by atoms with Crippen molar-refractivity contribution in [3.8, 4) is 5.75 Å². The third-order valence-electron chi connectivity index (χ3n) is 11.3. The first-order valence-corrected chi connectivity index (χ1v) is 18.9. The number of rotatable bonds is 20. The van der Waals surface area contributed by atoms with Crippen LogP contribution in [0.2, 0.25) is 0 Å². The lowest BCUT2D eigenvalue weighted by Crippen LogP contribution is -2.33.